The van der Waals surface area contributed by atoms with Crippen molar-refractivity contribution in [3.8, 4) is 11.5 Å². The van der Waals surface area contributed by atoms with E-state index in [1.165, 1.54) is 26.4 Å². The first kappa shape index (κ1) is 14.2. The van der Waals surface area contributed by atoms with Gasteiger partial charge in [-0.15, -0.1) is 0 Å². The van der Waals surface area contributed by atoms with Gasteiger partial charge in [0.1, 0.15) is 17.1 Å². The van der Waals surface area contributed by atoms with Gasteiger partial charge < -0.3 is 19.7 Å². The first-order valence-electron chi connectivity index (χ1n) is 6.15. The van der Waals surface area contributed by atoms with E-state index < -0.39 is 17.4 Å². The second-order valence-electron chi connectivity index (χ2n) is 4.91. The van der Waals surface area contributed by atoms with E-state index in [2.05, 4.69) is 4.74 Å². The number of esters is 1. The normalized spacial score (nSPS) is 15.5. The molecule has 1 fully saturated rings. The smallest absolute Gasteiger partial charge is 0.341 e. The van der Waals surface area contributed by atoms with Crippen molar-refractivity contribution in [3.05, 3.63) is 23.3 Å². The maximum atomic E-state index is 11.6. The molecule has 1 saturated carbocycles. The molecule has 0 saturated heterocycles. The lowest BCUT2D eigenvalue weighted by atomic mass is 9.90. The molecular formula is C14H16O6. The highest BCUT2D eigenvalue weighted by atomic mass is 16.5. The molecule has 1 aromatic rings. The highest BCUT2D eigenvalue weighted by Gasteiger charge is 2.48. The first-order valence-corrected chi connectivity index (χ1v) is 6.15. The summed E-state index contributed by atoms with van der Waals surface area (Å²) in [5.41, 5.74) is 0.119. The zero-order valence-corrected chi connectivity index (χ0v) is 11.3. The predicted molar refractivity (Wildman–Crippen MR) is 69.2 cm³/mol. The lowest BCUT2D eigenvalue weighted by molar-refractivity contribution is -0.137. The molecule has 0 amide bonds. The number of rotatable bonds is 5. The fourth-order valence-electron chi connectivity index (χ4n) is 2.41. The predicted octanol–water partition coefficient (Wildman–Crippen LogP) is 1.69. The molecule has 0 spiro atoms. The number of ether oxygens (including phenoxy) is 2. The minimum atomic E-state index is -0.905. The largest absolute Gasteiger partial charge is 0.507 e. The standard InChI is InChI=1S/C14H16O6/c1-19-11-6-10(15)8(13(18)20-2)5-9(11)14(3-4-14)7-12(16)17/h5-6,15H,3-4,7H2,1-2H3,(H,16,17). The zero-order valence-electron chi connectivity index (χ0n) is 11.3. The molecule has 6 nitrogen and oxygen atoms in total. The third-order valence-corrected chi connectivity index (χ3v) is 3.64. The number of carbonyl (C=O) groups excluding carboxylic acids is 1. The van der Waals surface area contributed by atoms with Gasteiger partial charge in [-0.05, 0) is 18.9 Å². The van der Waals surface area contributed by atoms with E-state index >= 15 is 0 Å². The number of phenols is 1. The van der Waals surface area contributed by atoms with Crippen LogP contribution in [0.5, 0.6) is 11.5 Å². The molecule has 0 aromatic heterocycles. The number of aromatic hydroxyl groups is 1. The molecular weight excluding hydrogens is 264 g/mol. The van der Waals surface area contributed by atoms with E-state index in [1.54, 1.807) is 0 Å². The summed E-state index contributed by atoms with van der Waals surface area (Å²) < 4.78 is 9.80. The number of phenolic OH excluding ortho intramolecular Hbond substituents is 1. The molecule has 1 aromatic carbocycles. The third-order valence-electron chi connectivity index (χ3n) is 3.64. The van der Waals surface area contributed by atoms with Crippen LogP contribution >= 0.6 is 0 Å². The van der Waals surface area contributed by atoms with Gasteiger partial charge in [0.15, 0.2) is 0 Å². The van der Waals surface area contributed by atoms with Crippen molar-refractivity contribution in [2.45, 2.75) is 24.7 Å². The van der Waals surface area contributed by atoms with E-state index in [9.17, 15) is 14.7 Å². The van der Waals surface area contributed by atoms with Gasteiger partial charge in [0.05, 0.1) is 20.6 Å². The van der Waals surface area contributed by atoms with Crippen molar-refractivity contribution in [1.29, 1.82) is 0 Å². The van der Waals surface area contributed by atoms with Gasteiger partial charge in [-0.3, -0.25) is 4.79 Å². The van der Waals surface area contributed by atoms with Crippen LogP contribution < -0.4 is 4.74 Å². The molecule has 2 N–H and O–H groups in total. The zero-order chi connectivity index (χ0) is 14.9. The molecule has 0 unspecified atom stereocenters. The SMILES string of the molecule is COC(=O)c1cc(C2(CC(=O)O)CC2)c(OC)cc1O. The number of benzene rings is 1. The minimum absolute atomic E-state index is 0.0139. The molecule has 0 aliphatic heterocycles. The summed E-state index contributed by atoms with van der Waals surface area (Å²) >= 11 is 0. The van der Waals surface area contributed by atoms with Crippen molar-refractivity contribution >= 4 is 11.9 Å². The fourth-order valence-corrected chi connectivity index (χ4v) is 2.41. The number of hydrogen-bond donors (Lipinski definition) is 2. The maximum absolute atomic E-state index is 11.6. The van der Waals surface area contributed by atoms with Crippen LogP contribution in [0, 0.1) is 0 Å². The van der Waals surface area contributed by atoms with E-state index in [0.29, 0.717) is 24.2 Å². The van der Waals surface area contributed by atoms with E-state index in [1.807, 2.05) is 0 Å². The van der Waals surface area contributed by atoms with Crippen LogP contribution in [0.25, 0.3) is 0 Å². The van der Waals surface area contributed by atoms with Gasteiger partial charge in [0, 0.05) is 17.0 Å². The highest BCUT2D eigenvalue weighted by Crippen LogP contribution is 2.54. The van der Waals surface area contributed by atoms with Gasteiger partial charge in [-0.25, -0.2) is 4.79 Å². The first-order chi connectivity index (χ1) is 9.43. The summed E-state index contributed by atoms with van der Waals surface area (Å²) in [7, 11) is 2.66. The van der Waals surface area contributed by atoms with Gasteiger partial charge in [0.2, 0.25) is 0 Å². The Bertz CT molecular complexity index is 559. The number of carboxylic acids is 1. The topological polar surface area (TPSA) is 93.1 Å². The molecule has 6 heteroatoms. The molecule has 0 radical (unpaired) electrons. The highest BCUT2D eigenvalue weighted by molar-refractivity contribution is 5.93. The van der Waals surface area contributed by atoms with Crippen molar-refractivity contribution in [2.75, 3.05) is 14.2 Å². The number of hydrogen-bond acceptors (Lipinski definition) is 5. The summed E-state index contributed by atoms with van der Waals surface area (Å²) in [4.78, 5) is 22.6. The fraction of sp³-hybridized carbons (Fsp3) is 0.429. The summed E-state index contributed by atoms with van der Waals surface area (Å²) in [5.74, 6) is -1.44. The number of carboxylic acid groups (broad SMARTS) is 1. The lowest BCUT2D eigenvalue weighted by Crippen LogP contribution is -2.15. The molecule has 108 valence electrons. The van der Waals surface area contributed by atoms with Gasteiger partial charge in [-0.2, -0.15) is 0 Å². The lowest BCUT2D eigenvalue weighted by Gasteiger charge is -2.18. The molecule has 0 bridgehead atoms. The second kappa shape index (κ2) is 5.03. The van der Waals surface area contributed by atoms with Gasteiger partial charge in [0.25, 0.3) is 0 Å². The average molecular weight is 280 g/mol. The van der Waals surface area contributed by atoms with Crippen LogP contribution in [0.2, 0.25) is 0 Å². The van der Waals surface area contributed by atoms with Gasteiger partial charge in [-0.1, -0.05) is 0 Å². The summed E-state index contributed by atoms with van der Waals surface area (Å²) in [5, 5.41) is 18.8. The summed E-state index contributed by atoms with van der Waals surface area (Å²) in [6.07, 6.45) is 1.39. The summed E-state index contributed by atoms with van der Waals surface area (Å²) in [6.45, 7) is 0. The Morgan fingerprint density at radius 2 is 1.95 bits per heavy atom. The van der Waals surface area contributed by atoms with E-state index in [0.717, 1.165) is 0 Å². The molecule has 0 atom stereocenters. The summed E-state index contributed by atoms with van der Waals surface area (Å²) in [6, 6.07) is 2.79. The van der Waals surface area contributed by atoms with Crippen LogP contribution in [-0.2, 0) is 14.9 Å². The van der Waals surface area contributed by atoms with E-state index in [4.69, 9.17) is 9.84 Å². The van der Waals surface area contributed by atoms with E-state index in [-0.39, 0.29) is 17.7 Å². The van der Waals surface area contributed by atoms with Crippen LogP contribution in [0.15, 0.2) is 12.1 Å². The monoisotopic (exact) mass is 280 g/mol. The Morgan fingerprint density at radius 1 is 1.30 bits per heavy atom. The maximum Gasteiger partial charge on any atom is 0.341 e. The van der Waals surface area contributed by atoms with Gasteiger partial charge >= 0.3 is 11.9 Å². The second-order valence-corrected chi connectivity index (χ2v) is 4.91. The molecule has 20 heavy (non-hydrogen) atoms. The molecule has 0 heterocycles. The van der Waals surface area contributed by atoms with Crippen molar-refractivity contribution in [3.63, 3.8) is 0 Å². The Balaban J connectivity index is 2.51. The Hall–Kier alpha value is -2.24. The number of carbonyl (C=O) groups is 2. The van der Waals surface area contributed by atoms with Crippen LogP contribution in [0.1, 0.15) is 35.2 Å². The molecule has 2 rings (SSSR count). The average Bonchev–Trinajstić information content (AvgIpc) is 3.17. The Morgan fingerprint density at radius 3 is 2.40 bits per heavy atom. The van der Waals surface area contributed by atoms with Crippen LogP contribution in [0.3, 0.4) is 0 Å². The quantitative estimate of drug-likeness (QED) is 0.797. The minimum Gasteiger partial charge on any atom is -0.507 e. The number of aliphatic carboxylic acids is 1. The van der Waals surface area contributed by atoms with Crippen molar-refractivity contribution < 1.29 is 29.3 Å². The Kier molecular flexibility index (Phi) is 3.57. The number of methoxy groups -OCH3 is 2. The van der Waals surface area contributed by atoms with Crippen molar-refractivity contribution in [1.82, 2.24) is 0 Å². The van der Waals surface area contributed by atoms with Crippen molar-refractivity contribution in [2.24, 2.45) is 0 Å². The Labute approximate surface area is 115 Å². The molecule has 1 aliphatic carbocycles. The third kappa shape index (κ3) is 2.41. The molecule has 1 aliphatic rings. The van der Waals surface area contributed by atoms with Crippen LogP contribution in [0.4, 0.5) is 0 Å². The van der Waals surface area contributed by atoms with Crippen LogP contribution in [-0.4, -0.2) is 36.4 Å².